The van der Waals surface area contributed by atoms with Gasteiger partial charge in [-0.15, -0.1) is 11.3 Å². The lowest BCUT2D eigenvalue weighted by Gasteiger charge is -2.29. The van der Waals surface area contributed by atoms with Crippen molar-refractivity contribution in [3.63, 3.8) is 0 Å². The molecule has 1 aliphatic heterocycles. The second kappa shape index (κ2) is 5.07. The summed E-state index contributed by atoms with van der Waals surface area (Å²) in [6.45, 7) is 0. The molecule has 0 saturated carbocycles. The number of ether oxygens (including phenoxy) is 1. The molecule has 1 saturated heterocycles. The maximum Gasteiger partial charge on any atom is 0.170 e. The molecule has 0 radical (unpaired) electrons. The Bertz CT molecular complexity index is 792. The van der Waals surface area contributed by atoms with Crippen LogP contribution in [-0.2, 0) is 9.53 Å². The Morgan fingerprint density at radius 3 is 3.24 bits per heavy atom. The average molecular weight is 362 g/mol. The van der Waals surface area contributed by atoms with Crippen molar-refractivity contribution in [1.29, 1.82) is 0 Å². The van der Waals surface area contributed by atoms with E-state index >= 15 is 0 Å². The second-order valence-corrected chi connectivity index (χ2v) is 7.33. The fraction of sp³-hybridized carbons (Fsp3) is 0.250. The third-order valence-electron chi connectivity index (χ3n) is 3.77. The largest absolute Gasteiger partial charge is 0.483 e. The van der Waals surface area contributed by atoms with E-state index in [-0.39, 0.29) is 16.7 Å². The maximum atomic E-state index is 12.3. The first kappa shape index (κ1) is 13.2. The van der Waals surface area contributed by atoms with Crippen molar-refractivity contribution in [3.05, 3.63) is 52.9 Å². The first-order valence-corrected chi connectivity index (χ1v) is 8.59. The molecule has 1 aliphatic carbocycles. The van der Waals surface area contributed by atoms with Gasteiger partial charge in [-0.25, -0.2) is 0 Å². The third kappa shape index (κ3) is 2.34. The molecule has 2 atom stereocenters. The summed E-state index contributed by atoms with van der Waals surface area (Å²) in [5, 5.41) is 3.18. The number of carbonyl (C=O) groups excluding carboxylic acids is 1. The molecule has 0 aromatic carbocycles. The van der Waals surface area contributed by atoms with Gasteiger partial charge in [0.2, 0.25) is 0 Å². The van der Waals surface area contributed by atoms with Gasteiger partial charge in [-0.3, -0.25) is 9.78 Å². The average Bonchev–Trinajstić information content (AvgIpc) is 2.95. The van der Waals surface area contributed by atoms with Gasteiger partial charge in [0.15, 0.2) is 5.78 Å². The summed E-state index contributed by atoms with van der Waals surface area (Å²) >= 11 is 5.20. The molecule has 21 heavy (non-hydrogen) atoms. The Hall–Kier alpha value is -1.46. The minimum absolute atomic E-state index is 0.134. The Morgan fingerprint density at radius 2 is 2.33 bits per heavy atom. The van der Waals surface area contributed by atoms with Crippen molar-refractivity contribution >= 4 is 43.1 Å². The standard InChI is InChI=1S/C16H12BrNO2S/c17-10-1-2-14-11(5-10)13(19)7-15(20-14)12-6-16-9(8-18-12)3-4-21-16/h2-6,8,10,15H,1,7H2. The van der Waals surface area contributed by atoms with E-state index in [1.807, 2.05) is 35.9 Å². The van der Waals surface area contributed by atoms with Crippen LogP contribution < -0.4 is 0 Å². The van der Waals surface area contributed by atoms with E-state index in [1.54, 1.807) is 11.3 Å². The normalized spacial score (nSPS) is 25.1. The minimum Gasteiger partial charge on any atom is -0.483 e. The van der Waals surface area contributed by atoms with E-state index in [0.717, 1.165) is 17.5 Å². The lowest BCUT2D eigenvalue weighted by molar-refractivity contribution is -0.120. The first-order valence-electron chi connectivity index (χ1n) is 6.80. The molecule has 3 nitrogen and oxygen atoms in total. The van der Waals surface area contributed by atoms with Crippen LogP contribution in [0.4, 0.5) is 0 Å². The lowest BCUT2D eigenvalue weighted by atomic mass is 9.93. The van der Waals surface area contributed by atoms with Crippen LogP contribution in [0.2, 0.25) is 0 Å². The molecule has 0 spiro atoms. The highest BCUT2D eigenvalue weighted by atomic mass is 79.9. The van der Waals surface area contributed by atoms with E-state index < -0.39 is 0 Å². The molecule has 0 bridgehead atoms. The first-order chi connectivity index (χ1) is 10.2. The van der Waals surface area contributed by atoms with Crippen molar-refractivity contribution in [3.8, 4) is 0 Å². The number of allylic oxidation sites excluding steroid dienone is 3. The van der Waals surface area contributed by atoms with Gasteiger partial charge in [0.25, 0.3) is 0 Å². The maximum absolute atomic E-state index is 12.3. The molecule has 0 N–H and O–H groups in total. The quantitative estimate of drug-likeness (QED) is 0.710. The number of hydrogen-bond donors (Lipinski definition) is 0. The predicted octanol–water partition coefficient (Wildman–Crippen LogP) is 4.30. The number of ketones is 1. The van der Waals surface area contributed by atoms with Crippen molar-refractivity contribution in [2.75, 3.05) is 0 Å². The van der Waals surface area contributed by atoms with Gasteiger partial charge in [-0.2, -0.15) is 0 Å². The number of pyridine rings is 1. The van der Waals surface area contributed by atoms with E-state index in [9.17, 15) is 4.79 Å². The third-order valence-corrected chi connectivity index (χ3v) is 5.29. The molecule has 2 unspecified atom stereocenters. The molecule has 5 heteroatoms. The van der Waals surface area contributed by atoms with Gasteiger partial charge in [-0.05, 0) is 30.0 Å². The Balaban J connectivity index is 1.68. The molecule has 106 valence electrons. The van der Waals surface area contributed by atoms with E-state index in [2.05, 4.69) is 20.9 Å². The van der Waals surface area contributed by atoms with Gasteiger partial charge >= 0.3 is 0 Å². The van der Waals surface area contributed by atoms with Gasteiger partial charge in [-0.1, -0.05) is 22.0 Å². The van der Waals surface area contributed by atoms with Gasteiger partial charge in [0, 0.05) is 21.1 Å². The smallest absolute Gasteiger partial charge is 0.170 e. The van der Waals surface area contributed by atoms with Crippen molar-refractivity contribution < 1.29 is 9.53 Å². The number of alkyl halides is 1. The summed E-state index contributed by atoms with van der Waals surface area (Å²) in [6.07, 6.45) is 6.71. The van der Waals surface area contributed by atoms with Gasteiger partial charge < -0.3 is 4.74 Å². The molecule has 0 amide bonds. The molecule has 3 heterocycles. The van der Waals surface area contributed by atoms with Crippen molar-refractivity contribution in [2.45, 2.75) is 23.8 Å². The molecule has 4 rings (SSSR count). The number of hydrogen-bond acceptors (Lipinski definition) is 4. The monoisotopic (exact) mass is 361 g/mol. The van der Waals surface area contributed by atoms with E-state index in [4.69, 9.17) is 4.74 Å². The summed E-state index contributed by atoms with van der Waals surface area (Å²) < 4.78 is 7.19. The number of Topliss-reactive ketones (excluding diaryl/α,β-unsaturated/α-hetero) is 1. The second-order valence-electron chi connectivity index (χ2n) is 5.20. The topological polar surface area (TPSA) is 39.2 Å². The summed E-state index contributed by atoms with van der Waals surface area (Å²) in [4.78, 5) is 17.0. The Morgan fingerprint density at radius 1 is 1.43 bits per heavy atom. The van der Waals surface area contributed by atoms with Crippen LogP contribution in [-0.4, -0.2) is 15.6 Å². The number of aromatic nitrogens is 1. The number of halogens is 1. The number of carbonyl (C=O) groups is 1. The number of rotatable bonds is 1. The number of thiophene rings is 1. The van der Waals surface area contributed by atoms with Gasteiger partial charge in [0.1, 0.15) is 11.9 Å². The minimum atomic E-state index is -0.278. The highest BCUT2D eigenvalue weighted by Crippen LogP contribution is 2.37. The summed E-state index contributed by atoms with van der Waals surface area (Å²) in [7, 11) is 0. The summed E-state index contributed by atoms with van der Waals surface area (Å²) in [6, 6.07) is 4.08. The molecular weight excluding hydrogens is 350 g/mol. The number of fused-ring (bicyclic) bond motifs is 2. The van der Waals surface area contributed by atoms with E-state index in [0.29, 0.717) is 17.8 Å². The zero-order chi connectivity index (χ0) is 14.4. The Labute approximate surface area is 134 Å². The van der Waals surface area contributed by atoms with Gasteiger partial charge in [0.05, 0.1) is 17.7 Å². The fourth-order valence-electron chi connectivity index (χ4n) is 2.69. The fourth-order valence-corrected chi connectivity index (χ4v) is 3.95. The SMILES string of the molecule is O=C1CC(c2cc3sccc3cn2)OC2=CCC(Br)C=C12. The van der Waals surface area contributed by atoms with Crippen LogP contribution in [0.5, 0.6) is 0 Å². The number of nitrogens with zero attached hydrogens (tertiary/aromatic N) is 1. The molecule has 2 aromatic rings. The summed E-state index contributed by atoms with van der Waals surface area (Å²) in [5.74, 6) is 0.842. The zero-order valence-electron chi connectivity index (χ0n) is 11.1. The molecule has 1 fully saturated rings. The highest BCUT2D eigenvalue weighted by molar-refractivity contribution is 9.09. The van der Waals surface area contributed by atoms with Crippen LogP contribution >= 0.6 is 27.3 Å². The lowest BCUT2D eigenvalue weighted by Crippen LogP contribution is -2.24. The van der Waals surface area contributed by atoms with Crippen LogP contribution in [0.15, 0.2) is 47.2 Å². The van der Waals surface area contributed by atoms with E-state index in [1.165, 1.54) is 4.70 Å². The predicted molar refractivity (Wildman–Crippen MR) is 86.6 cm³/mol. The molecule has 2 aromatic heterocycles. The van der Waals surface area contributed by atoms with Crippen molar-refractivity contribution in [1.82, 2.24) is 4.98 Å². The molecule has 2 aliphatic rings. The van der Waals surface area contributed by atoms with Crippen LogP contribution in [0, 0.1) is 0 Å². The summed E-state index contributed by atoms with van der Waals surface area (Å²) in [5.41, 5.74) is 1.54. The highest BCUT2D eigenvalue weighted by Gasteiger charge is 2.32. The Kier molecular flexibility index (Phi) is 3.19. The van der Waals surface area contributed by atoms with Crippen LogP contribution in [0.3, 0.4) is 0 Å². The van der Waals surface area contributed by atoms with Crippen molar-refractivity contribution in [2.24, 2.45) is 0 Å². The van der Waals surface area contributed by atoms with Crippen LogP contribution in [0.25, 0.3) is 10.1 Å². The van der Waals surface area contributed by atoms with Crippen LogP contribution in [0.1, 0.15) is 24.6 Å². The zero-order valence-corrected chi connectivity index (χ0v) is 13.5. The molecular formula is C16H12BrNO2S.